The molecule has 4 N–H and O–H groups in total. The Balaban J connectivity index is 2.31. The highest BCUT2D eigenvalue weighted by Crippen LogP contribution is 2.30. The van der Waals surface area contributed by atoms with E-state index in [9.17, 15) is 4.79 Å². The molecule has 2 rings (SSSR count). The van der Waals surface area contributed by atoms with Crippen LogP contribution in [0.25, 0.3) is 0 Å². The van der Waals surface area contributed by atoms with E-state index in [0.29, 0.717) is 12.6 Å². The molecule has 3 unspecified atom stereocenters. The van der Waals surface area contributed by atoms with Crippen LogP contribution in [0.1, 0.15) is 38.3 Å². The predicted octanol–water partition coefficient (Wildman–Crippen LogP) is 1.19. The number of amides is 1. The molecule has 19 heavy (non-hydrogen) atoms. The van der Waals surface area contributed by atoms with E-state index in [1.807, 2.05) is 19.1 Å². The van der Waals surface area contributed by atoms with Crippen LogP contribution in [0.15, 0.2) is 18.3 Å². The number of primary amides is 1. The van der Waals surface area contributed by atoms with Crippen molar-refractivity contribution in [1.82, 2.24) is 4.98 Å². The van der Waals surface area contributed by atoms with Gasteiger partial charge in [0.2, 0.25) is 5.91 Å². The van der Waals surface area contributed by atoms with Gasteiger partial charge in [-0.05, 0) is 32.8 Å². The number of carbonyl (C=O) groups excluding carboxylic acids is 1. The van der Waals surface area contributed by atoms with Crippen molar-refractivity contribution in [3.05, 3.63) is 23.9 Å². The monoisotopic (exact) mass is 262 g/mol. The Labute approximate surface area is 114 Å². The molecular weight excluding hydrogens is 240 g/mol. The Morgan fingerprint density at radius 2 is 2.26 bits per heavy atom. The molecule has 0 aliphatic carbocycles. The van der Waals surface area contributed by atoms with Gasteiger partial charge in [-0.2, -0.15) is 0 Å². The lowest BCUT2D eigenvalue weighted by molar-refractivity contribution is -0.122. The summed E-state index contributed by atoms with van der Waals surface area (Å²) < 4.78 is 0. The van der Waals surface area contributed by atoms with Crippen molar-refractivity contribution in [1.29, 1.82) is 0 Å². The summed E-state index contributed by atoms with van der Waals surface area (Å²) in [6, 6.07) is 4.16. The first-order chi connectivity index (χ1) is 9.00. The van der Waals surface area contributed by atoms with Crippen molar-refractivity contribution < 1.29 is 4.79 Å². The lowest BCUT2D eigenvalue weighted by Gasteiger charge is -2.39. The van der Waals surface area contributed by atoms with Gasteiger partial charge in [0.25, 0.3) is 0 Å². The molecule has 1 aliphatic heterocycles. The standard InChI is InChI=1S/C14H22N4O/c1-9-5-6-11(13(16)19)8-18(9)14-12(10(2)15)4-3-7-17-14/h3-4,7,9-11H,5-6,8,15H2,1-2H3,(H2,16,19). The number of carbonyl (C=O) groups is 1. The van der Waals surface area contributed by atoms with Crippen LogP contribution >= 0.6 is 0 Å². The second-order valence-corrected chi connectivity index (χ2v) is 5.38. The lowest BCUT2D eigenvalue weighted by atomic mass is 9.92. The molecule has 104 valence electrons. The van der Waals surface area contributed by atoms with Gasteiger partial charge in [-0.15, -0.1) is 0 Å². The van der Waals surface area contributed by atoms with Crippen molar-refractivity contribution in [3.63, 3.8) is 0 Å². The fourth-order valence-corrected chi connectivity index (χ4v) is 2.64. The third kappa shape index (κ3) is 2.87. The first kappa shape index (κ1) is 13.8. The average molecular weight is 262 g/mol. The summed E-state index contributed by atoms with van der Waals surface area (Å²) in [4.78, 5) is 18.0. The van der Waals surface area contributed by atoms with Crippen LogP contribution in [-0.4, -0.2) is 23.5 Å². The van der Waals surface area contributed by atoms with E-state index in [2.05, 4.69) is 16.8 Å². The summed E-state index contributed by atoms with van der Waals surface area (Å²) in [5.74, 6) is 0.560. The number of pyridine rings is 1. The van der Waals surface area contributed by atoms with Crippen LogP contribution in [-0.2, 0) is 4.79 Å². The van der Waals surface area contributed by atoms with Gasteiger partial charge < -0.3 is 16.4 Å². The highest BCUT2D eigenvalue weighted by Gasteiger charge is 2.30. The number of rotatable bonds is 3. The number of hydrogen-bond acceptors (Lipinski definition) is 4. The number of piperidine rings is 1. The molecule has 3 atom stereocenters. The Morgan fingerprint density at radius 3 is 2.89 bits per heavy atom. The highest BCUT2D eigenvalue weighted by atomic mass is 16.1. The zero-order valence-corrected chi connectivity index (χ0v) is 11.5. The van der Waals surface area contributed by atoms with E-state index >= 15 is 0 Å². The quantitative estimate of drug-likeness (QED) is 0.857. The minimum atomic E-state index is -0.227. The van der Waals surface area contributed by atoms with E-state index in [0.717, 1.165) is 24.2 Å². The highest BCUT2D eigenvalue weighted by molar-refractivity contribution is 5.77. The molecule has 1 saturated heterocycles. The zero-order valence-electron chi connectivity index (χ0n) is 11.5. The molecule has 2 heterocycles. The Hall–Kier alpha value is -1.62. The van der Waals surface area contributed by atoms with E-state index < -0.39 is 0 Å². The van der Waals surface area contributed by atoms with Crippen molar-refractivity contribution in [2.75, 3.05) is 11.4 Å². The maximum absolute atomic E-state index is 11.4. The molecule has 5 heteroatoms. The maximum Gasteiger partial charge on any atom is 0.222 e. The van der Waals surface area contributed by atoms with Crippen molar-refractivity contribution in [2.45, 2.75) is 38.8 Å². The molecule has 5 nitrogen and oxygen atoms in total. The van der Waals surface area contributed by atoms with E-state index in [1.54, 1.807) is 6.20 Å². The van der Waals surface area contributed by atoms with Crippen LogP contribution < -0.4 is 16.4 Å². The fourth-order valence-electron chi connectivity index (χ4n) is 2.64. The summed E-state index contributed by atoms with van der Waals surface area (Å²) in [5.41, 5.74) is 12.5. The average Bonchev–Trinajstić information content (AvgIpc) is 2.39. The number of nitrogens with two attached hydrogens (primary N) is 2. The number of anilines is 1. The van der Waals surface area contributed by atoms with E-state index in [4.69, 9.17) is 11.5 Å². The zero-order chi connectivity index (χ0) is 14.0. The van der Waals surface area contributed by atoms with Crippen LogP contribution in [0.4, 0.5) is 5.82 Å². The van der Waals surface area contributed by atoms with Crippen molar-refractivity contribution >= 4 is 11.7 Å². The summed E-state index contributed by atoms with van der Waals surface area (Å²) in [5, 5.41) is 0. The lowest BCUT2D eigenvalue weighted by Crippen LogP contribution is -2.46. The Kier molecular flexibility index (Phi) is 4.04. The number of aromatic nitrogens is 1. The smallest absolute Gasteiger partial charge is 0.222 e. The second kappa shape index (κ2) is 5.57. The van der Waals surface area contributed by atoms with Crippen LogP contribution in [0.2, 0.25) is 0 Å². The van der Waals surface area contributed by atoms with Gasteiger partial charge in [-0.25, -0.2) is 4.98 Å². The molecular formula is C14H22N4O. The van der Waals surface area contributed by atoms with Gasteiger partial charge in [-0.1, -0.05) is 6.07 Å². The second-order valence-electron chi connectivity index (χ2n) is 5.38. The molecule has 1 aromatic rings. The van der Waals surface area contributed by atoms with Crippen LogP contribution in [0.5, 0.6) is 0 Å². The van der Waals surface area contributed by atoms with Crippen LogP contribution in [0, 0.1) is 5.92 Å². The largest absolute Gasteiger partial charge is 0.369 e. The first-order valence-electron chi connectivity index (χ1n) is 6.77. The summed E-state index contributed by atoms with van der Waals surface area (Å²) in [6.45, 7) is 4.73. The number of nitrogens with zero attached hydrogens (tertiary/aromatic N) is 2. The van der Waals surface area contributed by atoms with E-state index in [-0.39, 0.29) is 17.9 Å². The molecule has 1 amide bonds. The van der Waals surface area contributed by atoms with E-state index in [1.165, 1.54) is 0 Å². The maximum atomic E-state index is 11.4. The topological polar surface area (TPSA) is 85.2 Å². The Bertz CT molecular complexity index is 461. The number of hydrogen-bond donors (Lipinski definition) is 2. The third-order valence-electron chi connectivity index (χ3n) is 3.86. The molecule has 0 bridgehead atoms. The SMILES string of the molecule is CC(N)c1cccnc1N1CC(C(N)=O)CCC1C. The Morgan fingerprint density at radius 1 is 1.53 bits per heavy atom. The van der Waals surface area contributed by atoms with Gasteiger partial charge in [0.15, 0.2) is 0 Å². The molecule has 1 aromatic heterocycles. The normalized spacial score (nSPS) is 25.1. The molecule has 1 aliphatic rings. The van der Waals surface area contributed by atoms with Crippen molar-refractivity contribution in [2.24, 2.45) is 17.4 Å². The van der Waals surface area contributed by atoms with Gasteiger partial charge >= 0.3 is 0 Å². The minimum Gasteiger partial charge on any atom is -0.369 e. The van der Waals surface area contributed by atoms with Gasteiger partial charge in [0.05, 0.1) is 5.92 Å². The molecule has 0 aromatic carbocycles. The first-order valence-corrected chi connectivity index (χ1v) is 6.77. The van der Waals surface area contributed by atoms with Gasteiger partial charge in [0.1, 0.15) is 5.82 Å². The van der Waals surface area contributed by atoms with Gasteiger partial charge in [-0.3, -0.25) is 4.79 Å². The van der Waals surface area contributed by atoms with Gasteiger partial charge in [0, 0.05) is 30.4 Å². The summed E-state index contributed by atoms with van der Waals surface area (Å²) in [6.07, 6.45) is 3.57. The van der Waals surface area contributed by atoms with Crippen molar-refractivity contribution in [3.8, 4) is 0 Å². The van der Waals surface area contributed by atoms with Crippen LogP contribution in [0.3, 0.4) is 0 Å². The summed E-state index contributed by atoms with van der Waals surface area (Å²) >= 11 is 0. The molecule has 0 radical (unpaired) electrons. The molecule has 0 spiro atoms. The molecule has 1 fully saturated rings. The fraction of sp³-hybridized carbons (Fsp3) is 0.571. The summed E-state index contributed by atoms with van der Waals surface area (Å²) in [7, 11) is 0. The predicted molar refractivity (Wildman–Crippen MR) is 75.6 cm³/mol. The minimum absolute atomic E-state index is 0.0788. The third-order valence-corrected chi connectivity index (χ3v) is 3.86. The molecule has 0 saturated carbocycles.